The summed E-state index contributed by atoms with van der Waals surface area (Å²) in [4.78, 5) is 28.6. The van der Waals surface area contributed by atoms with Gasteiger partial charge in [0.05, 0.1) is 10.6 Å². The Hall–Kier alpha value is -3.17. The fourth-order valence-electron chi connectivity index (χ4n) is 3.96. The van der Waals surface area contributed by atoms with Crippen LogP contribution in [0.3, 0.4) is 0 Å². The van der Waals surface area contributed by atoms with Crippen LogP contribution < -0.4 is 9.62 Å². The quantitative estimate of drug-likeness (QED) is 0.305. The van der Waals surface area contributed by atoms with Gasteiger partial charge in [-0.1, -0.05) is 70.4 Å². The molecule has 0 saturated carbocycles. The molecule has 0 radical (unpaired) electrons. The van der Waals surface area contributed by atoms with Crippen molar-refractivity contribution >= 4 is 43.5 Å². The number of rotatable bonds is 11. The van der Waals surface area contributed by atoms with Crippen molar-refractivity contribution in [3.05, 3.63) is 94.0 Å². The highest BCUT2D eigenvalue weighted by atomic mass is 79.9. The molecular formula is C30H36BrN3O4S. The fourth-order valence-corrected chi connectivity index (χ4v) is 5.82. The first-order chi connectivity index (χ1) is 18.4. The zero-order valence-electron chi connectivity index (χ0n) is 23.0. The largest absolute Gasteiger partial charge is 0.352 e. The number of aryl methyl sites for hydroxylation is 2. The molecule has 39 heavy (non-hydrogen) atoms. The smallest absolute Gasteiger partial charge is 0.264 e. The second kappa shape index (κ2) is 13.3. The van der Waals surface area contributed by atoms with E-state index in [4.69, 9.17) is 0 Å². The summed E-state index contributed by atoms with van der Waals surface area (Å²) in [5, 5.41) is 2.94. The molecule has 0 aliphatic heterocycles. The number of sulfonamides is 1. The van der Waals surface area contributed by atoms with E-state index in [0.717, 1.165) is 31.9 Å². The number of anilines is 1. The van der Waals surface area contributed by atoms with Crippen LogP contribution in [-0.4, -0.2) is 43.8 Å². The molecule has 0 fully saturated rings. The van der Waals surface area contributed by atoms with E-state index in [1.165, 1.54) is 17.0 Å². The molecule has 0 bridgehead atoms. The summed E-state index contributed by atoms with van der Waals surface area (Å²) < 4.78 is 29.7. The summed E-state index contributed by atoms with van der Waals surface area (Å²) >= 11 is 3.46. The third kappa shape index (κ3) is 7.92. The molecule has 2 atom stereocenters. The maximum Gasteiger partial charge on any atom is 0.264 e. The van der Waals surface area contributed by atoms with Crippen LogP contribution in [0.5, 0.6) is 0 Å². The van der Waals surface area contributed by atoms with Gasteiger partial charge in [-0.05, 0) is 76.1 Å². The lowest BCUT2D eigenvalue weighted by Gasteiger charge is -2.32. The van der Waals surface area contributed by atoms with E-state index in [0.29, 0.717) is 5.69 Å². The van der Waals surface area contributed by atoms with Crippen molar-refractivity contribution in [2.24, 2.45) is 0 Å². The minimum atomic E-state index is -4.08. The van der Waals surface area contributed by atoms with Gasteiger partial charge in [-0.3, -0.25) is 13.9 Å². The Morgan fingerprint density at radius 2 is 1.51 bits per heavy atom. The van der Waals surface area contributed by atoms with Crippen molar-refractivity contribution in [2.75, 3.05) is 10.8 Å². The van der Waals surface area contributed by atoms with Gasteiger partial charge < -0.3 is 10.2 Å². The van der Waals surface area contributed by atoms with E-state index < -0.39 is 28.5 Å². The lowest BCUT2D eigenvalue weighted by atomic mass is 10.1. The summed E-state index contributed by atoms with van der Waals surface area (Å²) in [6.07, 6.45) is 0.744. The van der Waals surface area contributed by atoms with E-state index >= 15 is 0 Å². The average Bonchev–Trinajstić information content (AvgIpc) is 2.90. The molecule has 0 spiro atoms. The number of amides is 2. The zero-order valence-corrected chi connectivity index (χ0v) is 25.4. The van der Waals surface area contributed by atoms with Crippen molar-refractivity contribution in [3.8, 4) is 0 Å². The number of benzene rings is 3. The lowest BCUT2D eigenvalue weighted by Crippen LogP contribution is -2.52. The van der Waals surface area contributed by atoms with Gasteiger partial charge in [0.15, 0.2) is 0 Å². The third-order valence-corrected chi connectivity index (χ3v) is 8.90. The molecule has 208 valence electrons. The standard InChI is InChI=1S/C30H36BrN3O4S/c1-6-23(4)32-30(36)24(5)33(19-25-8-7-9-26(31)18-25)29(35)20-34(27-14-10-21(2)11-15-27)39(37,38)28-16-12-22(3)13-17-28/h7-18,23-24H,6,19-20H2,1-5H3,(H,32,36)/t23-,24+/m1/s1. The first-order valence-electron chi connectivity index (χ1n) is 12.9. The topological polar surface area (TPSA) is 86.8 Å². The molecule has 0 saturated heterocycles. The van der Waals surface area contributed by atoms with Crippen LogP contribution in [0.2, 0.25) is 0 Å². The van der Waals surface area contributed by atoms with E-state index in [1.807, 2.05) is 52.0 Å². The fraction of sp³-hybridized carbons (Fsp3) is 0.333. The minimum Gasteiger partial charge on any atom is -0.352 e. The molecule has 1 N–H and O–H groups in total. The van der Waals surface area contributed by atoms with Crippen molar-refractivity contribution in [2.45, 2.75) is 64.6 Å². The maximum absolute atomic E-state index is 13.9. The highest BCUT2D eigenvalue weighted by Gasteiger charge is 2.32. The van der Waals surface area contributed by atoms with Gasteiger partial charge in [0.1, 0.15) is 12.6 Å². The first kappa shape index (κ1) is 30.4. The van der Waals surface area contributed by atoms with Gasteiger partial charge in [0.2, 0.25) is 11.8 Å². The average molecular weight is 615 g/mol. The second-order valence-corrected chi connectivity index (χ2v) is 12.6. The van der Waals surface area contributed by atoms with Gasteiger partial charge in [-0.2, -0.15) is 0 Å². The van der Waals surface area contributed by atoms with Crippen LogP contribution in [0, 0.1) is 13.8 Å². The molecule has 3 aromatic carbocycles. The predicted molar refractivity (Wildman–Crippen MR) is 159 cm³/mol. The number of hydrogen-bond acceptors (Lipinski definition) is 4. The monoisotopic (exact) mass is 613 g/mol. The van der Waals surface area contributed by atoms with Gasteiger partial charge in [-0.25, -0.2) is 8.42 Å². The number of nitrogens with zero attached hydrogens (tertiary/aromatic N) is 2. The van der Waals surface area contributed by atoms with E-state index in [2.05, 4.69) is 21.2 Å². The summed E-state index contributed by atoms with van der Waals surface area (Å²) in [6.45, 7) is 8.99. The number of carbonyl (C=O) groups excluding carboxylic acids is 2. The SMILES string of the molecule is CC[C@@H](C)NC(=O)[C@H](C)N(Cc1cccc(Br)c1)C(=O)CN(c1ccc(C)cc1)S(=O)(=O)c1ccc(C)cc1. The Bertz CT molecular complexity index is 1390. The van der Waals surface area contributed by atoms with Gasteiger partial charge in [-0.15, -0.1) is 0 Å². The Balaban J connectivity index is 2.02. The summed E-state index contributed by atoms with van der Waals surface area (Å²) in [5.74, 6) is -0.783. The molecule has 7 nitrogen and oxygen atoms in total. The molecule has 3 rings (SSSR count). The Morgan fingerprint density at radius 1 is 0.923 bits per heavy atom. The highest BCUT2D eigenvalue weighted by Crippen LogP contribution is 2.25. The Morgan fingerprint density at radius 3 is 2.08 bits per heavy atom. The zero-order chi connectivity index (χ0) is 28.7. The van der Waals surface area contributed by atoms with E-state index in [1.54, 1.807) is 43.3 Å². The van der Waals surface area contributed by atoms with Crippen molar-refractivity contribution in [3.63, 3.8) is 0 Å². The maximum atomic E-state index is 13.9. The number of carbonyl (C=O) groups is 2. The van der Waals surface area contributed by atoms with Crippen molar-refractivity contribution in [1.29, 1.82) is 0 Å². The normalized spacial score (nSPS) is 12.9. The summed E-state index contributed by atoms with van der Waals surface area (Å²) in [7, 11) is -4.08. The Kier molecular flexibility index (Phi) is 10.3. The molecule has 9 heteroatoms. The molecule has 0 aliphatic carbocycles. The lowest BCUT2D eigenvalue weighted by molar-refractivity contribution is -0.139. The molecule has 0 aromatic heterocycles. The number of nitrogens with one attached hydrogen (secondary N) is 1. The molecule has 3 aromatic rings. The van der Waals surface area contributed by atoms with Gasteiger partial charge >= 0.3 is 0 Å². The molecule has 2 amide bonds. The first-order valence-corrected chi connectivity index (χ1v) is 15.2. The van der Waals surface area contributed by atoms with Crippen LogP contribution in [-0.2, 0) is 26.2 Å². The second-order valence-electron chi connectivity index (χ2n) is 9.81. The van der Waals surface area contributed by atoms with Crippen molar-refractivity contribution in [1.82, 2.24) is 10.2 Å². The van der Waals surface area contributed by atoms with E-state index in [9.17, 15) is 18.0 Å². The minimum absolute atomic E-state index is 0.0613. The van der Waals surface area contributed by atoms with Gasteiger partial charge in [0, 0.05) is 17.1 Å². The Labute approximate surface area is 240 Å². The van der Waals surface area contributed by atoms with E-state index in [-0.39, 0.29) is 23.4 Å². The van der Waals surface area contributed by atoms with Crippen LogP contribution in [0.1, 0.15) is 43.9 Å². The van der Waals surface area contributed by atoms with Crippen LogP contribution in [0.4, 0.5) is 5.69 Å². The molecular weight excluding hydrogens is 578 g/mol. The van der Waals surface area contributed by atoms with Crippen molar-refractivity contribution < 1.29 is 18.0 Å². The number of hydrogen-bond donors (Lipinski definition) is 1. The third-order valence-electron chi connectivity index (χ3n) is 6.62. The number of halogens is 1. The highest BCUT2D eigenvalue weighted by molar-refractivity contribution is 9.10. The molecule has 0 unspecified atom stereocenters. The van der Waals surface area contributed by atoms with Crippen LogP contribution in [0.15, 0.2) is 82.2 Å². The van der Waals surface area contributed by atoms with Gasteiger partial charge in [0.25, 0.3) is 10.0 Å². The van der Waals surface area contributed by atoms with Crippen LogP contribution >= 0.6 is 15.9 Å². The predicted octanol–water partition coefficient (Wildman–Crippen LogP) is 5.59. The van der Waals surface area contributed by atoms with Crippen LogP contribution in [0.25, 0.3) is 0 Å². The summed E-state index contributed by atoms with van der Waals surface area (Å²) in [5.41, 5.74) is 3.07. The summed E-state index contributed by atoms with van der Waals surface area (Å²) in [6, 6.07) is 20.1. The molecule has 0 heterocycles. The molecule has 0 aliphatic rings.